The van der Waals surface area contributed by atoms with E-state index in [9.17, 15) is 4.79 Å². The summed E-state index contributed by atoms with van der Waals surface area (Å²) in [5.41, 5.74) is 3.44. The molecule has 3 aromatic rings. The Hall–Kier alpha value is -3.02. The van der Waals surface area contributed by atoms with E-state index in [2.05, 4.69) is 27.8 Å². The lowest BCUT2D eigenvalue weighted by Gasteiger charge is -2.07. The van der Waals surface area contributed by atoms with Crippen molar-refractivity contribution in [3.8, 4) is 11.4 Å². The van der Waals surface area contributed by atoms with Crippen LogP contribution in [-0.2, 0) is 13.5 Å². The Morgan fingerprint density at radius 2 is 1.96 bits per heavy atom. The van der Waals surface area contributed by atoms with Crippen LogP contribution in [0.15, 0.2) is 48.5 Å². The second-order valence-corrected chi connectivity index (χ2v) is 5.21. The van der Waals surface area contributed by atoms with Crippen LogP contribution in [0.2, 0.25) is 0 Å². The van der Waals surface area contributed by atoms with Gasteiger partial charge >= 0.3 is 0 Å². The molecule has 0 unspecified atom stereocenters. The van der Waals surface area contributed by atoms with Gasteiger partial charge in [-0.25, -0.2) is 4.68 Å². The molecule has 0 bridgehead atoms. The zero-order valence-electron chi connectivity index (χ0n) is 13.0. The monoisotopic (exact) mass is 307 g/mol. The molecule has 0 aliphatic heterocycles. The molecule has 0 aliphatic rings. The molecule has 1 N–H and O–H groups in total. The number of carbonyl (C=O) groups excluding carboxylic acids is 1. The second-order valence-electron chi connectivity index (χ2n) is 5.21. The lowest BCUT2D eigenvalue weighted by molar-refractivity contribution is 0.102. The van der Waals surface area contributed by atoms with Crippen molar-refractivity contribution in [1.82, 2.24) is 20.2 Å². The lowest BCUT2D eigenvalue weighted by Crippen LogP contribution is -2.11. The van der Waals surface area contributed by atoms with Gasteiger partial charge in [0.1, 0.15) is 0 Å². The van der Waals surface area contributed by atoms with Crippen LogP contribution in [-0.4, -0.2) is 26.1 Å². The smallest absolute Gasteiger partial charge is 0.255 e. The van der Waals surface area contributed by atoms with Gasteiger partial charge < -0.3 is 5.32 Å². The molecule has 0 atom stereocenters. The van der Waals surface area contributed by atoms with E-state index in [1.54, 1.807) is 23.9 Å². The molecule has 0 radical (unpaired) electrons. The van der Waals surface area contributed by atoms with Crippen LogP contribution in [0.25, 0.3) is 11.4 Å². The van der Waals surface area contributed by atoms with Crippen LogP contribution >= 0.6 is 0 Å². The molecule has 0 saturated carbocycles. The van der Waals surface area contributed by atoms with Crippen molar-refractivity contribution in [3.05, 3.63) is 59.7 Å². The summed E-state index contributed by atoms with van der Waals surface area (Å²) in [7, 11) is 1.77. The van der Waals surface area contributed by atoms with E-state index in [4.69, 9.17) is 0 Å². The number of benzene rings is 2. The van der Waals surface area contributed by atoms with Gasteiger partial charge in [-0.3, -0.25) is 4.79 Å². The summed E-state index contributed by atoms with van der Waals surface area (Å²) in [6, 6.07) is 15.1. The summed E-state index contributed by atoms with van der Waals surface area (Å²) >= 11 is 0. The van der Waals surface area contributed by atoms with Crippen molar-refractivity contribution >= 4 is 11.6 Å². The Kier molecular flexibility index (Phi) is 4.14. The average molecular weight is 307 g/mol. The molecule has 2 aromatic carbocycles. The Bertz CT molecular complexity index is 823. The van der Waals surface area contributed by atoms with Crippen LogP contribution in [0, 0.1) is 0 Å². The number of amides is 1. The molecular formula is C17H17N5O. The number of nitrogens with zero attached hydrogens (tertiary/aromatic N) is 4. The molecular weight excluding hydrogens is 290 g/mol. The Balaban J connectivity index is 1.76. The lowest BCUT2D eigenvalue weighted by atomic mass is 10.1. The molecule has 1 amide bonds. The van der Waals surface area contributed by atoms with Gasteiger partial charge in [0.05, 0.1) is 0 Å². The predicted octanol–water partition coefficient (Wildman–Crippen LogP) is 2.69. The van der Waals surface area contributed by atoms with Gasteiger partial charge in [-0.1, -0.05) is 31.2 Å². The maximum Gasteiger partial charge on any atom is 0.255 e. The fraction of sp³-hybridized carbons (Fsp3) is 0.176. The minimum absolute atomic E-state index is 0.138. The predicted molar refractivity (Wildman–Crippen MR) is 88.0 cm³/mol. The summed E-state index contributed by atoms with van der Waals surface area (Å²) < 4.78 is 1.59. The number of nitrogens with one attached hydrogen (secondary N) is 1. The SMILES string of the molecule is CCc1cccc(NC(=O)c2ccc(-c3nnnn3C)cc2)c1. The van der Waals surface area contributed by atoms with E-state index >= 15 is 0 Å². The minimum atomic E-state index is -0.138. The van der Waals surface area contributed by atoms with Crippen LogP contribution in [0.3, 0.4) is 0 Å². The van der Waals surface area contributed by atoms with Crippen LogP contribution < -0.4 is 5.32 Å². The third-order valence-electron chi connectivity index (χ3n) is 3.62. The molecule has 6 heteroatoms. The largest absolute Gasteiger partial charge is 0.322 e. The number of aryl methyl sites for hydroxylation is 2. The summed E-state index contributed by atoms with van der Waals surface area (Å²) in [4.78, 5) is 12.3. The topological polar surface area (TPSA) is 72.7 Å². The highest BCUT2D eigenvalue weighted by molar-refractivity contribution is 6.04. The normalized spacial score (nSPS) is 10.5. The maximum absolute atomic E-state index is 12.3. The first-order valence-electron chi connectivity index (χ1n) is 7.40. The van der Waals surface area contributed by atoms with E-state index in [1.807, 2.05) is 36.4 Å². The number of rotatable bonds is 4. The molecule has 0 fully saturated rings. The number of anilines is 1. The molecule has 116 valence electrons. The van der Waals surface area contributed by atoms with E-state index in [1.165, 1.54) is 5.56 Å². The number of aromatic nitrogens is 4. The fourth-order valence-electron chi connectivity index (χ4n) is 2.32. The molecule has 0 saturated heterocycles. The quantitative estimate of drug-likeness (QED) is 0.804. The van der Waals surface area contributed by atoms with E-state index in [0.29, 0.717) is 11.4 Å². The number of tetrazole rings is 1. The zero-order chi connectivity index (χ0) is 16.2. The Morgan fingerprint density at radius 3 is 2.61 bits per heavy atom. The van der Waals surface area contributed by atoms with Crippen LogP contribution in [0.1, 0.15) is 22.8 Å². The summed E-state index contributed by atoms with van der Waals surface area (Å²) in [6.07, 6.45) is 0.935. The third kappa shape index (κ3) is 3.26. The van der Waals surface area contributed by atoms with Crippen molar-refractivity contribution in [2.75, 3.05) is 5.32 Å². The van der Waals surface area contributed by atoms with Gasteiger partial charge in [-0.2, -0.15) is 0 Å². The second kappa shape index (κ2) is 6.39. The highest BCUT2D eigenvalue weighted by atomic mass is 16.1. The maximum atomic E-state index is 12.3. The van der Waals surface area contributed by atoms with Crippen molar-refractivity contribution < 1.29 is 4.79 Å². The van der Waals surface area contributed by atoms with Gasteiger partial charge in [0.25, 0.3) is 5.91 Å². The van der Waals surface area contributed by atoms with E-state index < -0.39 is 0 Å². The summed E-state index contributed by atoms with van der Waals surface area (Å²) in [6.45, 7) is 2.08. The average Bonchev–Trinajstić information content (AvgIpc) is 3.01. The summed E-state index contributed by atoms with van der Waals surface area (Å²) in [5.74, 6) is 0.522. The number of hydrogen-bond donors (Lipinski definition) is 1. The Morgan fingerprint density at radius 1 is 1.17 bits per heavy atom. The first-order chi connectivity index (χ1) is 11.2. The van der Waals surface area contributed by atoms with Crippen LogP contribution in [0.5, 0.6) is 0 Å². The highest BCUT2D eigenvalue weighted by Gasteiger charge is 2.09. The zero-order valence-corrected chi connectivity index (χ0v) is 13.0. The van der Waals surface area contributed by atoms with Gasteiger partial charge in [-0.05, 0) is 46.7 Å². The van der Waals surface area contributed by atoms with Gasteiger partial charge in [-0.15, -0.1) is 5.10 Å². The molecule has 3 rings (SSSR count). The van der Waals surface area contributed by atoms with E-state index in [0.717, 1.165) is 17.7 Å². The third-order valence-corrected chi connectivity index (χ3v) is 3.62. The van der Waals surface area contributed by atoms with Crippen molar-refractivity contribution in [2.24, 2.45) is 7.05 Å². The highest BCUT2D eigenvalue weighted by Crippen LogP contribution is 2.17. The Labute approximate surface area is 134 Å². The summed E-state index contributed by atoms with van der Waals surface area (Å²) in [5, 5.41) is 14.3. The van der Waals surface area contributed by atoms with Crippen molar-refractivity contribution in [2.45, 2.75) is 13.3 Å². The van der Waals surface area contributed by atoms with Gasteiger partial charge in [0.15, 0.2) is 5.82 Å². The number of hydrogen-bond acceptors (Lipinski definition) is 4. The number of carbonyl (C=O) groups is 1. The van der Waals surface area contributed by atoms with E-state index in [-0.39, 0.29) is 5.91 Å². The molecule has 0 aliphatic carbocycles. The molecule has 1 aromatic heterocycles. The fourth-order valence-corrected chi connectivity index (χ4v) is 2.32. The van der Waals surface area contributed by atoms with Gasteiger partial charge in [0, 0.05) is 23.9 Å². The molecule has 23 heavy (non-hydrogen) atoms. The van der Waals surface area contributed by atoms with Crippen LogP contribution in [0.4, 0.5) is 5.69 Å². The van der Waals surface area contributed by atoms with Crippen molar-refractivity contribution in [3.63, 3.8) is 0 Å². The van der Waals surface area contributed by atoms with Crippen molar-refractivity contribution in [1.29, 1.82) is 0 Å². The molecule has 6 nitrogen and oxygen atoms in total. The standard InChI is InChI=1S/C17H17N5O/c1-3-12-5-4-6-15(11-12)18-17(23)14-9-7-13(8-10-14)16-19-20-21-22(16)2/h4-11H,3H2,1-2H3,(H,18,23). The molecule has 1 heterocycles. The first-order valence-corrected chi connectivity index (χ1v) is 7.40. The van der Waals surface area contributed by atoms with Gasteiger partial charge in [0.2, 0.25) is 0 Å². The molecule has 0 spiro atoms. The minimum Gasteiger partial charge on any atom is -0.322 e. The first kappa shape index (κ1) is 14.9.